The Bertz CT molecular complexity index is 413. The van der Waals surface area contributed by atoms with Crippen molar-refractivity contribution in [3.05, 3.63) is 0 Å². The van der Waals surface area contributed by atoms with Crippen molar-refractivity contribution in [1.29, 1.82) is 0 Å². The summed E-state index contributed by atoms with van der Waals surface area (Å²) in [6, 6.07) is 0. The lowest BCUT2D eigenvalue weighted by Crippen LogP contribution is -2.41. The van der Waals surface area contributed by atoms with Crippen LogP contribution in [0.15, 0.2) is 0 Å². The van der Waals surface area contributed by atoms with Gasteiger partial charge in [-0.1, -0.05) is 71.1 Å². The molecule has 1 aliphatic heterocycles. The second-order valence-corrected chi connectivity index (χ2v) is 8.83. The molecule has 0 spiro atoms. The number of unbranched alkanes of at least 4 members (excludes halogenated alkanes) is 11. The van der Waals surface area contributed by atoms with Crippen molar-refractivity contribution in [2.75, 3.05) is 6.54 Å². The van der Waals surface area contributed by atoms with Crippen LogP contribution < -0.4 is 0 Å². The van der Waals surface area contributed by atoms with Gasteiger partial charge in [0.05, 0.1) is 12.1 Å². The first-order chi connectivity index (χ1) is 12.8. The molecule has 1 fully saturated rings. The van der Waals surface area contributed by atoms with Crippen LogP contribution in [0.1, 0.15) is 117 Å². The Labute approximate surface area is 166 Å². The van der Waals surface area contributed by atoms with Crippen LogP contribution in [0.5, 0.6) is 0 Å². The molecule has 5 nitrogen and oxygen atoms in total. The Morgan fingerprint density at radius 1 is 0.889 bits per heavy atom. The van der Waals surface area contributed by atoms with Crippen LogP contribution in [-0.2, 0) is 14.7 Å². The molecule has 0 aromatic carbocycles. The molecule has 0 amide bonds. The molecule has 1 radical (unpaired) electrons. The van der Waals surface area contributed by atoms with E-state index in [4.69, 9.17) is 9.84 Å². The summed E-state index contributed by atoms with van der Waals surface area (Å²) in [6.07, 6.45) is 16.2. The Kier molecular flexibility index (Phi) is 11.5. The van der Waals surface area contributed by atoms with Gasteiger partial charge in [-0.25, -0.2) is 0 Å². The number of carbonyl (C=O) groups is 1. The van der Waals surface area contributed by atoms with E-state index in [-0.39, 0.29) is 5.60 Å². The zero-order valence-electron chi connectivity index (χ0n) is 17.9. The summed E-state index contributed by atoms with van der Waals surface area (Å²) in [7, 11) is 0. The van der Waals surface area contributed by atoms with E-state index >= 15 is 0 Å². The van der Waals surface area contributed by atoms with E-state index in [0.717, 1.165) is 32.1 Å². The van der Waals surface area contributed by atoms with Gasteiger partial charge in [-0.15, -0.1) is 10.3 Å². The average molecular weight is 385 g/mol. The summed E-state index contributed by atoms with van der Waals surface area (Å²) < 4.78 is 6.10. The minimum Gasteiger partial charge on any atom is -0.481 e. The van der Waals surface area contributed by atoms with Crippen molar-refractivity contribution in [2.24, 2.45) is 0 Å². The topological polar surface area (TPSA) is 69.7 Å². The molecule has 1 N–H and O–H groups in total. The third-order valence-electron chi connectivity index (χ3n) is 5.71. The first kappa shape index (κ1) is 24.4. The van der Waals surface area contributed by atoms with Gasteiger partial charge in [0.15, 0.2) is 0 Å². The SMILES string of the molecule is CCC1(CCCCCCCCCCCCCCC(=O)O)OC(C)(C)CN1[O]. The third kappa shape index (κ3) is 9.91. The second kappa shape index (κ2) is 12.7. The predicted molar refractivity (Wildman–Crippen MR) is 108 cm³/mol. The van der Waals surface area contributed by atoms with E-state index < -0.39 is 11.7 Å². The average Bonchev–Trinajstić information content (AvgIpc) is 2.83. The Hall–Kier alpha value is -0.650. The largest absolute Gasteiger partial charge is 0.481 e. The van der Waals surface area contributed by atoms with Crippen molar-refractivity contribution in [2.45, 2.75) is 128 Å². The Morgan fingerprint density at radius 2 is 1.33 bits per heavy atom. The molecule has 1 rings (SSSR count). The van der Waals surface area contributed by atoms with E-state index in [1.54, 1.807) is 0 Å². The minimum absolute atomic E-state index is 0.316. The number of hydroxylamine groups is 2. The molecule has 159 valence electrons. The smallest absolute Gasteiger partial charge is 0.303 e. The standard InChI is InChI=1S/C22H42NO4/c1-4-22(23(26)19-21(2,3)27-22)18-16-14-12-10-8-6-5-7-9-11-13-15-17-20(24)25/h4-19H2,1-3H3,(H,24,25). The zero-order valence-corrected chi connectivity index (χ0v) is 17.9. The van der Waals surface area contributed by atoms with Gasteiger partial charge in [0.2, 0.25) is 0 Å². The molecule has 0 aliphatic carbocycles. The number of hydrogen-bond donors (Lipinski definition) is 1. The lowest BCUT2D eigenvalue weighted by atomic mass is 10.00. The fraction of sp³-hybridized carbons (Fsp3) is 0.955. The molecule has 5 heteroatoms. The molecule has 0 saturated carbocycles. The van der Waals surface area contributed by atoms with Gasteiger partial charge in [0.1, 0.15) is 5.72 Å². The lowest BCUT2D eigenvalue weighted by Gasteiger charge is -2.32. The van der Waals surface area contributed by atoms with Gasteiger partial charge in [-0.05, 0) is 39.5 Å². The molecule has 0 aromatic rings. The van der Waals surface area contributed by atoms with E-state index in [9.17, 15) is 10.0 Å². The maximum atomic E-state index is 12.3. The fourth-order valence-electron chi connectivity index (χ4n) is 4.13. The number of carboxylic acids is 1. The van der Waals surface area contributed by atoms with E-state index in [1.807, 2.05) is 13.8 Å². The van der Waals surface area contributed by atoms with E-state index in [2.05, 4.69) is 6.92 Å². The highest BCUT2D eigenvalue weighted by atomic mass is 16.6. The van der Waals surface area contributed by atoms with Gasteiger partial charge >= 0.3 is 5.97 Å². The minimum atomic E-state index is -0.676. The van der Waals surface area contributed by atoms with Gasteiger partial charge < -0.3 is 9.84 Å². The third-order valence-corrected chi connectivity index (χ3v) is 5.71. The van der Waals surface area contributed by atoms with Crippen LogP contribution in [-0.4, -0.2) is 34.0 Å². The van der Waals surface area contributed by atoms with Gasteiger partial charge in [0, 0.05) is 6.42 Å². The summed E-state index contributed by atoms with van der Waals surface area (Å²) in [5.41, 5.74) is -0.915. The molecule has 1 unspecified atom stereocenters. The number of aliphatic carboxylic acids is 1. The number of hydrogen-bond acceptors (Lipinski definition) is 3. The van der Waals surface area contributed by atoms with Crippen molar-refractivity contribution >= 4 is 5.97 Å². The van der Waals surface area contributed by atoms with Crippen molar-refractivity contribution in [3.63, 3.8) is 0 Å². The molecule has 1 atom stereocenters. The molecule has 1 heterocycles. The first-order valence-corrected chi connectivity index (χ1v) is 11.2. The molecule has 27 heavy (non-hydrogen) atoms. The monoisotopic (exact) mass is 384 g/mol. The second-order valence-electron chi connectivity index (χ2n) is 8.83. The number of nitrogens with zero attached hydrogens (tertiary/aromatic N) is 1. The fourth-order valence-corrected chi connectivity index (χ4v) is 4.13. The molecule has 0 aromatic heterocycles. The first-order valence-electron chi connectivity index (χ1n) is 11.2. The Balaban J connectivity index is 1.92. The number of rotatable bonds is 16. The number of ether oxygens (including phenoxy) is 1. The Morgan fingerprint density at radius 3 is 1.70 bits per heavy atom. The summed E-state index contributed by atoms with van der Waals surface area (Å²) in [4.78, 5) is 10.4. The van der Waals surface area contributed by atoms with Crippen LogP contribution in [0.4, 0.5) is 0 Å². The van der Waals surface area contributed by atoms with Crippen LogP contribution in [0.2, 0.25) is 0 Å². The molecule has 1 saturated heterocycles. The molecule has 1 aliphatic rings. The van der Waals surface area contributed by atoms with E-state index in [0.29, 0.717) is 13.0 Å². The molecule has 0 bridgehead atoms. The van der Waals surface area contributed by atoms with Gasteiger partial charge in [-0.3, -0.25) is 4.79 Å². The summed E-state index contributed by atoms with van der Waals surface area (Å²) >= 11 is 0. The summed E-state index contributed by atoms with van der Waals surface area (Å²) in [5, 5.41) is 22.0. The molecular formula is C22H42NO4. The van der Waals surface area contributed by atoms with Crippen LogP contribution in [0.25, 0.3) is 0 Å². The highest BCUT2D eigenvalue weighted by molar-refractivity contribution is 5.66. The van der Waals surface area contributed by atoms with Gasteiger partial charge in [-0.2, -0.15) is 0 Å². The quantitative estimate of drug-likeness (QED) is 0.327. The highest BCUT2D eigenvalue weighted by Gasteiger charge is 2.49. The summed E-state index contributed by atoms with van der Waals surface area (Å²) in [5.74, 6) is -0.676. The van der Waals surface area contributed by atoms with E-state index in [1.165, 1.54) is 62.9 Å². The van der Waals surface area contributed by atoms with Crippen molar-refractivity contribution < 1.29 is 19.8 Å². The lowest BCUT2D eigenvalue weighted by molar-refractivity contribution is -0.273. The predicted octanol–water partition coefficient (Wildman–Crippen LogP) is 6.10. The maximum absolute atomic E-state index is 12.3. The van der Waals surface area contributed by atoms with Crippen LogP contribution in [0, 0.1) is 0 Å². The zero-order chi connectivity index (χ0) is 20.2. The normalized spacial score (nSPS) is 22.4. The van der Waals surface area contributed by atoms with Crippen LogP contribution in [0.3, 0.4) is 0 Å². The van der Waals surface area contributed by atoms with Crippen molar-refractivity contribution in [3.8, 4) is 0 Å². The maximum Gasteiger partial charge on any atom is 0.303 e. The summed E-state index contributed by atoms with van der Waals surface area (Å²) in [6.45, 7) is 6.54. The van der Waals surface area contributed by atoms with Crippen LogP contribution >= 0.6 is 0 Å². The van der Waals surface area contributed by atoms with Crippen molar-refractivity contribution in [1.82, 2.24) is 5.06 Å². The highest BCUT2D eigenvalue weighted by Crippen LogP contribution is 2.38. The van der Waals surface area contributed by atoms with Gasteiger partial charge in [0.25, 0.3) is 0 Å². The number of carboxylic acid groups (broad SMARTS) is 1. The molecular weight excluding hydrogens is 342 g/mol.